The number of alkyl carbamates (subject to hydrolysis) is 1. The lowest BCUT2D eigenvalue weighted by atomic mass is 9.97. The average Bonchev–Trinajstić information content (AvgIpc) is 2.14. The van der Waals surface area contributed by atoms with Gasteiger partial charge >= 0.3 is 6.09 Å². The molecule has 0 aliphatic heterocycles. The Balaban J connectivity index is 3.82. The fourth-order valence-electron chi connectivity index (χ4n) is 1.33. The summed E-state index contributed by atoms with van der Waals surface area (Å²) in [5.41, 5.74) is 0.485. The smallest absolute Gasteiger partial charge is 0.407 e. The molecule has 0 radical (unpaired) electrons. The Kier molecular flexibility index (Phi) is 6.66. The molecule has 1 atom stereocenters. The van der Waals surface area contributed by atoms with Crippen LogP contribution >= 0.6 is 0 Å². The number of hydrogen-bond donors (Lipinski definition) is 1. The molecule has 0 aliphatic carbocycles. The highest BCUT2D eigenvalue weighted by atomic mass is 16.6. The zero-order chi connectivity index (χ0) is 14.3. The molecule has 104 valence electrons. The van der Waals surface area contributed by atoms with Gasteiger partial charge in [0, 0.05) is 12.5 Å². The second kappa shape index (κ2) is 7.19. The van der Waals surface area contributed by atoms with Crippen molar-refractivity contribution in [2.24, 2.45) is 5.92 Å². The van der Waals surface area contributed by atoms with E-state index in [0.717, 1.165) is 5.57 Å². The number of nitrogens with one attached hydrogen (secondary N) is 1. The number of ether oxygens (including phenoxy) is 1. The summed E-state index contributed by atoms with van der Waals surface area (Å²) in [6.45, 7) is 13.3. The molecule has 0 saturated carbocycles. The molecule has 0 saturated heterocycles. The first-order valence-electron chi connectivity index (χ1n) is 6.25. The SMILES string of the molecule is C=C(CCNC(=O)OC(C)(C)C)C[C@@H](C)C(C)=O. The monoisotopic (exact) mass is 255 g/mol. The first-order chi connectivity index (χ1) is 8.11. The van der Waals surface area contributed by atoms with Gasteiger partial charge in [0.1, 0.15) is 11.4 Å². The maximum Gasteiger partial charge on any atom is 0.407 e. The molecule has 18 heavy (non-hydrogen) atoms. The summed E-state index contributed by atoms with van der Waals surface area (Å²) in [5, 5.41) is 2.67. The summed E-state index contributed by atoms with van der Waals surface area (Å²) in [6, 6.07) is 0. The highest BCUT2D eigenvalue weighted by Gasteiger charge is 2.15. The first kappa shape index (κ1) is 16.7. The average molecular weight is 255 g/mol. The summed E-state index contributed by atoms with van der Waals surface area (Å²) in [4.78, 5) is 22.4. The van der Waals surface area contributed by atoms with Gasteiger partial charge in [0.15, 0.2) is 0 Å². The first-order valence-corrected chi connectivity index (χ1v) is 6.25. The van der Waals surface area contributed by atoms with Crippen molar-refractivity contribution in [2.75, 3.05) is 6.54 Å². The van der Waals surface area contributed by atoms with Crippen molar-refractivity contribution >= 4 is 11.9 Å². The molecule has 0 fully saturated rings. The van der Waals surface area contributed by atoms with Crippen molar-refractivity contribution in [3.05, 3.63) is 12.2 Å². The van der Waals surface area contributed by atoms with Crippen molar-refractivity contribution in [3.8, 4) is 0 Å². The van der Waals surface area contributed by atoms with Crippen LogP contribution in [0.15, 0.2) is 12.2 Å². The van der Waals surface area contributed by atoms with Gasteiger partial charge in [0.25, 0.3) is 0 Å². The minimum Gasteiger partial charge on any atom is -0.444 e. The summed E-state index contributed by atoms with van der Waals surface area (Å²) in [6.07, 6.45) is 0.914. The van der Waals surface area contributed by atoms with E-state index in [9.17, 15) is 9.59 Å². The molecular formula is C14H25NO3. The maximum absolute atomic E-state index is 11.4. The van der Waals surface area contributed by atoms with Gasteiger partial charge in [-0.25, -0.2) is 4.79 Å². The van der Waals surface area contributed by atoms with Crippen molar-refractivity contribution in [1.82, 2.24) is 5.32 Å². The van der Waals surface area contributed by atoms with Crippen LogP contribution in [0.2, 0.25) is 0 Å². The van der Waals surface area contributed by atoms with Gasteiger partial charge in [-0.15, -0.1) is 0 Å². The predicted octanol–water partition coefficient (Wildman–Crippen LogP) is 3.07. The fraction of sp³-hybridized carbons (Fsp3) is 0.714. The van der Waals surface area contributed by atoms with Crippen LogP contribution in [0.1, 0.15) is 47.5 Å². The molecule has 0 spiro atoms. The summed E-state index contributed by atoms with van der Waals surface area (Å²) >= 11 is 0. The second-order valence-electron chi connectivity index (χ2n) is 5.64. The normalized spacial score (nSPS) is 12.7. The van der Waals surface area contributed by atoms with Crippen LogP contribution in [0, 0.1) is 5.92 Å². The molecule has 0 aromatic rings. The molecule has 1 amide bonds. The van der Waals surface area contributed by atoms with Crippen LogP contribution in [-0.4, -0.2) is 24.0 Å². The number of carbonyl (C=O) groups is 2. The minimum atomic E-state index is -0.482. The molecule has 0 unspecified atom stereocenters. The van der Waals surface area contributed by atoms with Gasteiger partial charge in [-0.2, -0.15) is 0 Å². The predicted molar refractivity (Wildman–Crippen MR) is 72.5 cm³/mol. The summed E-state index contributed by atoms with van der Waals surface area (Å²) < 4.78 is 5.11. The standard InChI is InChI=1S/C14H25NO3/c1-10(9-11(2)12(3)16)7-8-15-13(17)18-14(4,5)6/h11H,1,7-9H2,2-6H3,(H,15,17)/t11-/m1/s1. The van der Waals surface area contributed by atoms with Crippen LogP contribution in [0.3, 0.4) is 0 Å². The Morgan fingerprint density at radius 1 is 1.33 bits per heavy atom. The largest absolute Gasteiger partial charge is 0.444 e. The van der Waals surface area contributed by atoms with E-state index < -0.39 is 11.7 Å². The number of ketones is 1. The Morgan fingerprint density at radius 3 is 2.33 bits per heavy atom. The molecular weight excluding hydrogens is 230 g/mol. The quantitative estimate of drug-likeness (QED) is 0.742. The summed E-state index contributed by atoms with van der Waals surface area (Å²) in [5.74, 6) is 0.162. The number of carbonyl (C=O) groups excluding carboxylic acids is 2. The van der Waals surface area contributed by atoms with Crippen LogP contribution in [0.25, 0.3) is 0 Å². The molecule has 4 heteroatoms. The second-order valence-corrected chi connectivity index (χ2v) is 5.64. The van der Waals surface area contributed by atoms with Crippen molar-refractivity contribution in [1.29, 1.82) is 0 Å². The van der Waals surface area contributed by atoms with Gasteiger partial charge in [-0.1, -0.05) is 19.1 Å². The third-order valence-electron chi connectivity index (χ3n) is 2.44. The highest BCUT2D eigenvalue weighted by molar-refractivity contribution is 5.78. The number of amides is 1. The van der Waals surface area contributed by atoms with Crippen molar-refractivity contribution < 1.29 is 14.3 Å². The van der Waals surface area contributed by atoms with Gasteiger partial charge in [0.05, 0.1) is 0 Å². The Morgan fingerprint density at radius 2 is 1.89 bits per heavy atom. The van der Waals surface area contributed by atoms with Gasteiger partial charge in [-0.3, -0.25) is 4.79 Å². The minimum absolute atomic E-state index is 0.000901. The number of Topliss-reactive ketones (excluding diaryl/α,β-unsaturated/α-hetero) is 1. The maximum atomic E-state index is 11.4. The van der Waals surface area contributed by atoms with Crippen molar-refractivity contribution in [3.63, 3.8) is 0 Å². The molecule has 0 aromatic heterocycles. The Bertz CT molecular complexity index is 315. The lowest BCUT2D eigenvalue weighted by molar-refractivity contribution is -0.120. The molecule has 1 N–H and O–H groups in total. The van der Waals surface area contributed by atoms with E-state index in [1.165, 1.54) is 0 Å². The van der Waals surface area contributed by atoms with Crippen LogP contribution in [-0.2, 0) is 9.53 Å². The van der Waals surface area contributed by atoms with E-state index in [-0.39, 0.29) is 11.7 Å². The summed E-state index contributed by atoms with van der Waals surface area (Å²) in [7, 11) is 0. The Labute approximate surface area is 110 Å². The fourth-order valence-corrected chi connectivity index (χ4v) is 1.33. The number of hydrogen-bond acceptors (Lipinski definition) is 3. The molecule has 0 bridgehead atoms. The lowest BCUT2D eigenvalue weighted by Gasteiger charge is -2.19. The van der Waals surface area contributed by atoms with E-state index in [1.54, 1.807) is 6.92 Å². The third-order valence-corrected chi connectivity index (χ3v) is 2.44. The van der Waals surface area contributed by atoms with Gasteiger partial charge in [-0.05, 0) is 40.5 Å². The van der Waals surface area contributed by atoms with Gasteiger partial charge < -0.3 is 10.1 Å². The van der Waals surface area contributed by atoms with Crippen LogP contribution in [0.4, 0.5) is 4.79 Å². The van der Waals surface area contributed by atoms with Crippen molar-refractivity contribution in [2.45, 2.75) is 53.1 Å². The molecule has 0 aliphatic rings. The molecule has 4 nitrogen and oxygen atoms in total. The number of rotatable bonds is 6. The lowest BCUT2D eigenvalue weighted by Crippen LogP contribution is -2.33. The molecule has 0 aromatic carbocycles. The zero-order valence-electron chi connectivity index (χ0n) is 12.1. The molecule has 0 rings (SSSR count). The van der Waals surface area contributed by atoms with Crippen LogP contribution in [0.5, 0.6) is 0 Å². The third kappa shape index (κ3) is 8.79. The zero-order valence-corrected chi connectivity index (χ0v) is 12.1. The van der Waals surface area contributed by atoms with Crippen LogP contribution < -0.4 is 5.32 Å². The van der Waals surface area contributed by atoms with E-state index >= 15 is 0 Å². The van der Waals surface area contributed by atoms with Gasteiger partial charge in [0.2, 0.25) is 0 Å². The van der Waals surface area contributed by atoms with E-state index in [2.05, 4.69) is 11.9 Å². The van der Waals surface area contributed by atoms with E-state index in [1.807, 2.05) is 27.7 Å². The Hall–Kier alpha value is -1.32. The van der Waals surface area contributed by atoms with E-state index in [4.69, 9.17) is 4.74 Å². The topological polar surface area (TPSA) is 55.4 Å². The molecule has 0 heterocycles. The highest BCUT2D eigenvalue weighted by Crippen LogP contribution is 2.13. The van der Waals surface area contributed by atoms with E-state index in [0.29, 0.717) is 19.4 Å².